The van der Waals surface area contributed by atoms with Crippen LogP contribution in [0.25, 0.3) is 16.4 Å². The van der Waals surface area contributed by atoms with Crippen LogP contribution in [-0.2, 0) is 6.54 Å². The van der Waals surface area contributed by atoms with Crippen molar-refractivity contribution in [3.63, 3.8) is 0 Å². The number of pyridine rings is 1. The van der Waals surface area contributed by atoms with Gasteiger partial charge in [0.05, 0.1) is 23.3 Å². The third-order valence-electron chi connectivity index (χ3n) is 6.33. The van der Waals surface area contributed by atoms with Gasteiger partial charge in [-0.3, -0.25) is 4.79 Å². The standard InChI is InChI=1S/C24H28N6O/c1-17-6-5-7-19-16-21(18(2)27-20-8-9-26-30-13-10-25-23(20)30)29(24(31)22(17)19)15-14-28-11-3-4-12-28/h5-10,13,16,18,27H,3-4,11-12,14-15H2,1-2H3/t18-/m0/s1. The second-order valence-corrected chi connectivity index (χ2v) is 8.42. The first-order valence-corrected chi connectivity index (χ1v) is 11.0. The van der Waals surface area contributed by atoms with Gasteiger partial charge < -0.3 is 14.8 Å². The van der Waals surface area contributed by atoms with Gasteiger partial charge in [-0.25, -0.2) is 9.50 Å². The maximum Gasteiger partial charge on any atom is 0.259 e. The molecule has 7 nitrogen and oxygen atoms in total. The van der Waals surface area contributed by atoms with Crippen LogP contribution in [0, 0.1) is 6.92 Å². The number of nitrogens with one attached hydrogen (secondary N) is 1. The second-order valence-electron chi connectivity index (χ2n) is 8.42. The molecule has 0 amide bonds. The van der Waals surface area contributed by atoms with Crippen molar-refractivity contribution in [3.8, 4) is 0 Å². The van der Waals surface area contributed by atoms with Gasteiger partial charge in [-0.1, -0.05) is 18.2 Å². The van der Waals surface area contributed by atoms with Crippen LogP contribution in [0.2, 0.25) is 0 Å². The van der Waals surface area contributed by atoms with Gasteiger partial charge in [-0.2, -0.15) is 5.10 Å². The molecule has 1 N–H and O–H groups in total. The molecule has 31 heavy (non-hydrogen) atoms. The fourth-order valence-electron chi connectivity index (χ4n) is 4.69. The first-order valence-electron chi connectivity index (χ1n) is 11.0. The normalized spacial score (nSPS) is 15.7. The molecule has 0 radical (unpaired) electrons. The number of fused-ring (bicyclic) bond motifs is 2. The summed E-state index contributed by atoms with van der Waals surface area (Å²) in [6.45, 7) is 7.96. The van der Waals surface area contributed by atoms with E-state index in [1.807, 2.05) is 42.0 Å². The first-order chi connectivity index (χ1) is 15.1. The average Bonchev–Trinajstić information content (AvgIpc) is 3.45. The molecule has 4 heterocycles. The molecule has 3 aromatic heterocycles. The maximum absolute atomic E-state index is 13.6. The minimum atomic E-state index is -0.0703. The van der Waals surface area contributed by atoms with Crippen molar-refractivity contribution in [1.82, 2.24) is 24.1 Å². The molecule has 0 spiro atoms. The van der Waals surface area contributed by atoms with E-state index in [2.05, 4.69) is 33.3 Å². The van der Waals surface area contributed by atoms with Gasteiger partial charge in [-0.05, 0) is 62.9 Å². The number of imidazole rings is 1. The maximum atomic E-state index is 13.6. The van der Waals surface area contributed by atoms with E-state index >= 15 is 0 Å². The Kier molecular flexibility index (Phi) is 5.19. The van der Waals surface area contributed by atoms with Crippen molar-refractivity contribution in [1.29, 1.82) is 0 Å². The van der Waals surface area contributed by atoms with Gasteiger partial charge in [0.2, 0.25) is 0 Å². The van der Waals surface area contributed by atoms with Crippen LogP contribution in [0.3, 0.4) is 0 Å². The van der Waals surface area contributed by atoms with Gasteiger partial charge >= 0.3 is 0 Å². The van der Waals surface area contributed by atoms with Crippen molar-refractivity contribution >= 4 is 22.1 Å². The molecule has 1 saturated heterocycles. The Morgan fingerprint density at radius 3 is 2.81 bits per heavy atom. The number of hydrogen-bond acceptors (Lipinski definition) is 5. The average molecular weight is 417 g/mol. The number of likely N-dealkylation sites (tertiary alicyclic amines) is 1. The van der Waals surface area contributed by atoms with Crippen LogP contribution in [0.4, 0.5) is 5.69 Å². The third kappa shape index (κ3) is 3.70. The van der Waals surface area contributed by atoms with E-state index in [0.717, 1.165) is 53.0 Å². The summed E-state index contributed by atoms with van der Waals surface area (Å²) in [5.74, 6) is 0. The molecule has 7 heteroatoms. The molecular formula is C24H28N6O. The molecule has 5 rings (SSSR count). The van der Waals surface area contributed by atoms with E-state index in [1.165, 1.54) is 12.8 Å². The molecule has 1 aliphatic rings. The zero-order chi connectivity index (χ0) is 21.4. The number of benzene rings is 1. The van der Waals surface area contributed by atoms with Gasteiger partial charge in [0.25, 0.3) is 5.56 Å². The highest BCUT2D eigenvalue weighted by Gasteiger charge is 2.19. The summed E-state index contributed by atoms with van der Waals surface area (Å²) in [5.41, 5.74) is 3.79. The van der Waals surface area contributed by atoms with E-state index < -0.39 is 0 Å². The van der Waals surface area contributed by atoms with Crippen LogP contribution in [0.1, 0.15) is 37.1 Å². The predicted molar refractivity (Wildman–Crippen MR) is 124 cm³/mol. The molecule has 160 valence electrons. The zero-order valence-electron chi connectivity index (χ0n) is 18.1. The molecule has 0 unspecified atom stereocenters. The predicted octanol–water partition coefficient (Wildman–Crippen LogP) is 3.62. The lowest BCUT2D eigenvalue weighted by molar-refractivity contribution is 0.318. The Bertz CT molecular complexity index is 1280. The highest BCUT2D eigenvalue weighted by molar-refractivity contribution is 5.85. The van der Waals surface area contributed by atoms with Crippen LogP contribution in [-0.4, -0.2) is 43.7 Å². The van der Waals surface area contributed by atoms with Gasteiger partial charge in [0, 0.05) is 31.2 Å². The molecule has 0 saturated carbocycles. The highest BCUT2D eigenvalue weighted by Crippen LogP contribution is 2.25. The number of hydrogen-bond donors (Lipinski definition) is 1. The minimum Gasteiger partial charge on any atom is -0.374 e. The van der Waals surface area contributed by atoms with Crippen molar-refractivity contribution in [3.05, 3.63) is 70.5 Å². The van der Waals surface area contributed by atoms with Crippen LogP contribution >= 0.6 is 0 Å². The Morgan fingerprint density at radius 2 is 1.97 bits per heavy atom. The molecule has 1 aliphatic heterocycles. The second kappa shape index (κ2) is 8.15. The molecule has 1 aromatic carbocycles. The van der Waals surface area contributed by atoms with Gasteiger partial charge in [-0.15, -0.1) is 0 Å². The lowest BCUT2D eigenvalue weighted by atomic mass is 10.0. The van der Waals surface area contributed by atoms with Gasteiger partial charge in [0.1, 0.15) is 0 Å². The number of nitrogens with zero attached hydrogens (tertiary/aromatic N) is 5. The first kappa shape index (κ1) is 19.8. The summed E-state index contributed by atoms with van der Waals surface area (Å²) in [7, 11) is 0. The molecule has 4 aromatic rings. The number of aromatic nitrogens is 4. The fraction of sp³-hybridized carbons (Fsp3) is 0.375. The molecule has 0 aliphatic carbocycles. The van der Waals surface area contributed by atoms with E-state index in [4.69, 9.17) is 0 Å². The van der Waals surface area contributed by atoms with Crippen molar-refractivity contribution < 1.29 is 0 Å². The quantitative estimate of drug-likeness (QED) is 0.520. The number of aryl methyl sites for hydroxylation is 1. The molecule has 0 bridgehead atoms. The summed E-state index contributed by atoms with van der Waals surface area (Å²) in [6.07, 6.45) is 7.82. The van der Waals surface area contributed by atoms with E-state index in [-0.39, 0.29) is 11.6 Å². The fourth-order valence-corrected chi connectivity index (χ4v) is 4.69. The summed E-state index contributed by atoms with van der Waals surface area (Å²) in [4.78, 5) is 20.5. The number of anilines is 1. The summed E-state index contributed by atoms with van der Waals surface area (Å²) in [5, 5.41) is 9.67. The van der Waals surface area contributed by atoms with Crippen molar-refractivity contribution in [2.24, 2.45) is 0 Å². The molecular weight excluding hydrogens is 388 g/mol. The largest absolute Gasteiger partial charge is 0.374 e. The minimum absolute atomic E-state index is 0.0703. The molecule has 1 atom stereocenters. The molecule has 1 fully saturated rings. The Balaban J connectivity index is 1.55. The lowest BCUT2D eigenvalue weighted by Crippen LogP contribution is -2.32. The van der Waals surface area contributed by atoms with Crippen LogP contribution in [0.5, 0.6) is 0 Å². The van der Waals surface area contributed by atoms with Crippen LogP contribution < -0.4 is 10.9 Å². The SMILES string of the molecule is Cc1cccc2cc([C@H](C)Nc3ccnn4ccnc34)n(CCN3CCCC3)c(=O)c12. The Hall–Kier alpha value is -3.19. The highest BCUT2D eigenvalue weighted by atomic mass is 16.1. The summed E-state index contributed by atoms with van der Waals surface area (Å²) in [6, 6.07) is 10.1. The summed E-state index contributed by atoms with van der Waals surface area (Å²) < 4.78 is 3.72. The van der Waals surface area contributed by atoms with E-state index in [0.29, 0.717) is 6.54 Å². The van der Waals surface area contributed by atoms with E-state index in [1.54, 1.807) is 16.9 Å². The van der Waals surface area contributed by atoms with E-state index in [9.17, 15) is 4.79 Å². The summed E-state index contributed by atoms with van der Waals surface area (Å²) >= 11 is 0. The topological polar surface area (TPSA) is 67.5 Å². The smallest absolute Gasteiger partial charge is 0.259 e. The number of rotatable bonds is 6. The lowest BCUT2D eigenvalue weighted by Gasteiger charge is -2.24. The third-order valence-corrected chi connectivity index (χ3v) is 6.33. The Labute approximate surface area is 181 Å². The van der Waals surface area contributed by atoms with Crippen molar-refractivity contribution in [2.75, 3.05) is 25.0 Å². The monoisotopic (exact) mass is 416 g/mol. The Morgan fingerprint density at radius 1 is 1.13 bits per heavy atom. The zero-order valence-corrected chi connectivity index (χ0v) is 18.1. The van der Waals surface area contributed by atoms with Crippen LogP contribution in [0.15, 0.2) is 53.7 Å². The van der Waals surface area contributed by atoms with Gasteiger partial charge in [0.15, 0.2) is 5.65 Å². The van der Waals surface area contributed by atoms with Crippen molar-refractivity contribution in [2.45, 2.75) is 39.3 Å².